The molecule has 15 heteroatoms. The molecule has 6 atom stereocenters. The van der Waals surface area contributed by atoms with Crippen molar-refractivity contribution in [3.05, 3.63) is 43.0 Å². The Kier molecular flexibility index (Phi) is 7.76. The average Bonchev–Trinajstić information content (AvgIpc) is 3.40. The Bertz CT molecular complexity index is 1290. The lowest BCUT2D eigenvalue weighted by atomic mass is 9.98. The fourth-order valence-corrected chi connectivity index (χ4v) is 5.41. The molecule has 37 heavy (non-hydrogen) atoms. The second kappa shape index (κ2) is 10.7. The number of carbonyl (C=O) groups excluding carboxylic acids is 1. The highest BCUT2D eigenvalue weighted by Gasteiger charge is 2.56. The molecule has 1 aromatic carbocycles. The molecule has 1 fully saturated rings. The van der Waals surface area contributed by atoms with Gasteiger partial charge >= 0.3 is 13.7 Å². The number of fused-ring (bicyclic) bond motifs is 1. The van der Waals surface area contributed by atoms with E-state index in [9.17, 15) is 14.5 Å². The Labute approximate surface area is 211 Å². The summed E-state index contributed by atoms with van der Waals surface area (Å²) in [4.78, 5) is 24.4. The molecule has 3 N–H and O–H groups in total. The van der Waals surface area contributed by atoms with E-state index in [0.717, 1.165) is 0 Å². The highest BCUT2D eigenvalue weighted by molar-refractivity contribution is 7.52. The first-order valence-electron chi connectivity index (χ1n) is 11.3. The van der Waals surface area contributed by atoms with Crippen molar-refractivity contribution in [2.24, 2.45) is 0 Å². The molecule has 1 saturated heterocycles. The van der Waals surface area contributed by atoms with E-state index in [4.69, 9.17) is 13.8 Å². The number of rotatable bonds is 10. The number of nitrogens with zero attached hydrogens (tertiary/aromatic N) is 4. The maximum Gasteiger partial charge on any atom is 0.459 e. The lowest BCUT2D eigenvalue weighted by molar-refractivity contribution is -0.142. The van der Waals surface area contributed by atoms with Gasteiger partial charge in [-0.3, -0.25) is 13.9 Å². The van der Waals surface area contributed by atoms with Crippen molar-refractivity contribution in [1.82, 2.24) is 24.6 Å². The van der Waals surface area contributed by atoms with Gasteiger partial charge in [0.05, 0.1) is 20.0 Å². The van der Waals surface area contributed by atoms with E-state index >= 15 is 4.39 Å². The Balaban J connectivity index is 1.55. The van der Waals surface area contributed by atoms with E-state index in [-0.39, 0.29) is 11.4 Å². The Morgan fingerprint density at radius 1 is 1.32 bits per heavy atom. The van der Waals surface area contributed by atoms with Gasteiger partial charge in [-0.15, -0.1) is 0 Å². The van der Waals surface area contributed by atoms with Crippen molar-refractivity contribution in [2.45, 2.75) is 44.0 Å². The van der Waals surface area contributed by atoms with Crippen LogP contribution in [0.5, 0.6) is 5.75 Å². The summed E-state index contributed by atoms with van der Waals surface area (Å²) >= 11 is 0. The zero-order chi connectivity index (χ0) is 26.8. The summed E-state index contributed by atoms with van der Waals surface area (Å²) in [5, 5.41) is 16.1. The number of hydrogen-bond acceptors (Lipinski definition) is 11. The van der Waals surface area contributed by atoms with Crippen LogP contribution in [0.3, 0.4) is 0 Å². The molecule has 2 aromatic heterocycles. The highest BCUT2D eigenvalue weighted by Crippen LogP contribution is 2.48. The number of ether oxygens (including phenoxy) is 2. The van der Waals surface area contributed by atoms with Gasteiger partial charge in [0, 0.05) is 7.05 Å². The molecule has 13 nitrogen and oxygen atoms in total. The minimum absolute atomic E-state index is 0.196. The standard InChI is InChI=1S/C22H28FN6O7P/c1-13(20(31)33-4)28-37(32,36-14-8-6-5-7-9-14)34-10-15-17(30)22(2,23)21(35-15)29-12-27-16-18(24-3)25-11-26-19(16)29/h5-9,11-13,15,17,21,30H,10H2,1-4H3,(H,28,32)(H,24,25,26)/t13-,15-,17-,21-,22-,37?/m1/s1. The number of aromatic nitrogens is 4. The summed E-state index contributed by atoms with van der Waals surface area (Å²) in [5.74, 6) is -0.0714. The molecule has 4 rings (SSSR count). The first-order valence-corrected chi connectivity index (χ1v) is 12.9. The Morgan fingerprint density at radius 3 is 2.73 bits per heavy atom. The number of imidazole rings is 1. The number of halogens is 1. The van der Waals surface area contributed by atoms with E-state index in [2.05, 4.69) is 30.1 Å². The molecule has 3 aromatic rings. The minimum atomic E-state index is -4.23. The smallest absolute Gasteiger partial charge is 0.459 e. The number of esters is 1. The number of carbonyl (C=O) groups is 1. The summed E-state index contributed by atoms with van der Waals surface area (Å²) in [7, 11) is -1.39. The molecule has 0 radical (unpaired) electrons. The Morgan fingerprint density at radius 2 is 2.05 bits per heavy atom. The van der Waals surface area contributed by atoms with E-state index < -0.39 is 50.5 Å². The van der Waals surface area contributed by atoms with Gasteiger partial charge in [0.25, 0.3) is 0 Å². The lowest BCUT2D eigenvalue weighted by Crippen LogP contribution is -2.41. The van der Waals surface area contributed by atoms with Crippen LogP contribution in [0.25, 0.3) is 11.2 Å². The molecule has 3 heterocycles. The van der Waals surface area contributed by atoms with Gasteiger partial charge in [0.15, 0.2) is 23.4 Å². The van der Waals surface area contributed by atoms with Crippen LogP contribution in [0.15, 0.2) is 43.0 Å². The van der Waals surface area contributed by atoms with Crippen molar-refractivity contribution >= 4 is 30.7 Å². The molecule has 1 unspecified atom stereocenters. The third-order valence-electron chi connectivity index (χ3n) is 5.85. The van der Waals surface area contributed by atoms with Gasteiger partial charge in [0.1, 0.15) is 35.8 Å². The molecule has 1 aliphatic rings. The van der Waals surface area contributed by atoms with E-state index in [0.29, 0.717) is 11.3 Å². The van der Waals surface area contributed by atoms with Crippen molar-refractivity contribution in [2.75, 3.05) is 26.1 Å². The number of methoxy groups -OCH3 is 1. The molecule has 0 bridgehead atoms. The summed E-state index contributed by atoms with van der Waals surface area (Å²) in [6.07, 6.45) is -1.65. The lowest BCUT2D eigenvalue weighted by Gasteiger charge is -2.25. The minimum Gasteiger partial charge on any atom is -0.468 e. The van der Waals surface area contributed by atoms with Crippen molar-refractivity contribution in [3.8, 4) is 5.75 Å². The van der Waals surface area contributed by atoms with Crippen LogP contribution in [0.4, 0.5) is 10.2 Å². The van der Waals surface area contributed by atoms with Crippen LogP contribution in [0.1, 0.15) is 20.1 Å². The third kappa shape index (κ3) is 5.43. The average molecular weight is 538 g/mol. The van der Waals surface area contributed by atoms with E-state index in [1.54, 1.807) is 37.4 Å². The first kappa shape index (κ1) is 26.9. The number of aliphatic hydroxyl groups is 1. The molecule has 1 aliphatic heterocycles. The van der Waals surface area contributed by atoms with Crippen LogP contribution in [0, 0.1) is 0 Å². The quantitative estimate of drug-likeness (QED) is 0.256. The predicted molar refractivity (Wildman–Crippen MR) is 130 cm³/mol. The zero-order valence-corrected chi connectivity index (χ0v) is 21.5. The number of anilines is 1. The SMILES string of the molecule is CNc1ncnc2c1ncn2[C@@H]1O[C@H](COP(=O)(N[C@H](C)C(=O)OC)Oc2ccccc2)[C@@H](O)[C@@]1(C)F. The monoisotopic (exact) mass is 538 g/mol. The van der Waals surface area contributed by atoms with Gasteiger partial charge < -0.3 is 24.4 Å². The molecular weight excluding hydrogens is 510 g/mol. The second-order valence-corrected chi connectivity index (χ2v) is 10.2. The number of hydrogen-bond donors (Lipinski definition) is 3. The first-order chi connectivity index (χ1) is 17.6. The molecule has 0 amide bonds. The van der Waals surface area contributed by atoms with Crippen LogP contribution in [-0.4, -0.2) is 75.3 Å². The molecule has 200 valence electrons. The van der Waals surface area contributed by atoms with E-state index in [1.165, 1.54) is 38.2 Å². The highest BCUT2D eigenvalue weighted by atomic mass is 31.2. The Hall–Kier alpha value is -3.16. The number of alkyl halides is 1. The van der Waals surface area contributed by atoms with Gasteiger partial charge in [-0.05, 0) is 26.0 Å². The fraction of sp³-hybridized carbons (Fsp3) is 0.455. The van der Waals surface area contributed by atoms with Crippen LogP contribution >= 0.6 is 7.75 Å². The number of aliphatic hydroxyl groups excluding tert-OH is 1. The maximum atomic E-state index is 15.8. The summed E-state index contributed by atoms with van der Waals surface area (Å²) in [6, 6.07) is 7.07. The normalized spacial score (nSPS) is 25.9. The molecule has 0 saturated carbocycles. The van der Waals surface area contributed by atoms with Gasteiger partial charge in [-0.2, -0.15) is 5.09 Å². The van der Waals surface area contributed by atoms with Gasteiger partial charge in [-0.25, -0.2) is 23.9 Å². The second-order valence-electron chi connectivity index (χ2n) is 8.49. The van der Waals surface area contributed by atoms with Gasteiger partial charge in [-0.1, -0.05) is 18.2 Å². The van der Waals surface area contributed by atoms with Crippen LogP contribution in [-0.2, 0) is 23.4 Å². The zero-order valence-electron chi connectivity index (χ0n) is 20.6. The van der Waals surface area contributed by atoms with Crippen molar-refractivity contribution in [3.63, 3.8) is 0 Å². The van der Waals surface area contributed by atoms with Gasteiger partial charge in [0.2, 0.25) is 0 Å². The summed E-state index contributed by atoms with van der Waals surface area (Å²) < 4.78 is 52.3. The largest absolute Gasteiger partial charge is 0.468 e. The predicted octanol–water partition coefficient (Wildman–Crippen LogP) is 2.21. The maximum absolute atomic E-state index is 15.8. The molecule has 0 spiro atoms. The molecular formula is C22H28FN6O7P. The number of nitrogens with one attached hydrogen (secondary N) is 2. The van der Waals surface area contributed by atoms with Crippen molar-refractivity contribution < 1.29 is 37.4 Å². The topological polar surface area (TPSA) is 159 Å². The van der Waals surface area contributed by atoms with Crippen molar-refractivity contribution in [1.29, 1.82) is 0 Å². The number of benzene rings is 1. The summed E-state index contributed by atoms with van der Waals surface area (Å²) in [6.45, 7) is 2.05. The fourth-order valence-electron chi connectivity index (χ4n) is 3.91. The third-order valence-corrected chi connectivity index (χ3v) is 7.49. The van der Waals surface area contributed by atoms with Crippen LogP contribution in [0.2, 0.25) is 0 Å². The summed E-state index contributed by atoms with van der Waals surface area (Å²) in [5.41, 5.74) is -1.63. The van der Waals surface area contributed by atoms with E-state index in [1.807, 2.05) is 0 Å². The number of para-hydroxylation sites is 1. The molecule has 0 aliphatic carbocycles. The van der Waals surface area contributed by atoms with Crippen LogP contribution < -0.4 is 14.9 Å².